The average Bonchev–Trinajstić information content (AvgIpc) is 2.41. The van der Waals surface area contributed by atoms with E-state index in [0.717, 1.165) is 38.3 Å². The summed E-state index contributed by atoms with van der Waals surface area (Å²) in [5.74, 6) is 3.57. The van der Waals surface area contributed by atoms with Crippen LogP contribution in [0.5, 0.6) is 5.75 Å². The first kappa shape index (κ1) is 14.6. The molecule has 0 aliphatic carbocycles. The predicted octanol–water partition coefficient (Wildman–Crippen LogP) is 3.37. The first-order valence-electron chi connectivity index (χ1n) is 6.72. The van der Waals surface area contributed by atoms with Gasteiger partial charge in [-0.2, -0.15) is 0 Å². The molecule has 0 heterocycles. The summed E-state index contributed by atoms with van der Waals surface area (Å²) in [5, 5.41) is 3.30. The molecule has 0 aliphatic heterocycles. The maximum absolute atomic E-state index is 5.66. The zero-order valence-corrected chi connectivity index (χ0v) is 11.2. The molecule has 1 aromatic rings. The Hall–Kier alpha value is -1.46. The van der Waals surface area contributed by atoms with Gasteiger partial charge in [-0.05, 0) is 24.1 Å². The Morgan fingerprint density at radius 2 is 2.00 bits per heavy atom. The van der Waals surface area contributed by atoms with E-state index in [2.05, 4.69) is 30.3 Å². The minimum atomic E-state index is 0.776. The van der Waals surface area contributed by atoms with Crippen LogP contribution in [-0.4, -0.2) is 13.2 Å². The quantitative estimate of drug-likeness (QED) is 0.532. The third kappa shape index (κ3) is 6.32. The Kier molecular flexibility index (Phi) is 7.75. The molecule has 2 nitrogen and oxygen atoms in total. The molecule has 1 aromatic carbocycles. The summed E-state index contributed by atoms with van der Waals surface area (Å²) in [4.78, 5) is 0. The molecule has 0 saturated heterocycles. The van der Waals surface area contributed by atoms with Gasteiger partial charge in [-0.1, -0.05) is 31.9 Å². The Bertz CT molecular complexity index is 350. The highest BCUT2D eigenvalue weighted by atomic mass is 16.5. The van der Waals surface area contributed by atoms with Gasteiger partial charge in [-0.3, -0.25) is 0 Å². The molecule has 0 amide bonds. The lowest BCUT2D eigenvalue weighted by molar-refractivity contribution is 0.306. The second-order valence-electron chi connectivity index (χ2n) is 4.33. The summed E-state index contributed by atoms with van der Waals surface area (Å²) in [7, 11) is 0. The molecule has 0 aromatic heterocycles. The highest BCUT2D eigenvalue weighted by molar-refractivity contribution is 5.27. The molecule has 0 bridgehead atoms. The van der Waals surface area contributed by atoms with Gasteiger partial charge in [0.05, 0.1) is 6.61 Å². The lowest BCUT2D eigenvalue weighted by Gasteiger charge is -2.07. The van der Waals surface area contributed by atoms with Gasteiger partial charge in [0.15, 0.2) is 0 Å². The van der Waals surface area contributed by atoms with Gasteiger partial charge in [0.25, 0.3) is 0 Å². The van der Waals surface area contributed by atoms with Crippen LogP contribution < -0.4 is 10.1 Å². The van der Waals surface area contributed by atoms with Crippen LogP contribution in [0.2, 0.25) is 0 Å². The zero-order chi connectivity index (χ0) is 13.1. The van der Waals surface area contributed by atoms with Crippen molar-refractivity contribution in [1.29, 1.82) is 0 Å². The zero-order valence-electron chi connectivity index (χ0n) is 11.2. The number of unbranched alkanes of at least 4 members (excludes halogenated alkanes) is 2. The topological polar surface area (TPSA) is 21.3 Å². The monoisotopic (exact) mass is 245 g/mol. The first-order chi connectivity index (χ1) is 8.86. The maximum Gasteiger partial charge on any atom is 0.119 e. The highest BCUT2D eigenvalue weighted by Crippen LogP contribution is 2.12. The fourth-order valence-corrected chi connectivity index (χ4v) is 1.64. The Morgan fingerprint density at radius 3 is 2.67 bits per heavy atom. The van der Waals surface area contributed by atoms with Crippen molar-refractivity contribution in [2.24, 2.45) is 0 Å². The van der Waals surface area contributed by atoms with E-state index < -0.39 is 0 Å². The van der Waals surface area contributed by atoms with Crippen molar-refractivity contribution in [3.63, 3.8) is 0 Å². The standard InChI is InChI=1S/C16H23NO/c1-3-5-7-13-18-16-10-8-15(9-11-16)14-17-12-6-4-2/h2,8-11,17H,3,5-7,12-14H2,1H3. The summed E-state index contributed by atoms with van der Waals surface area (Å²) in [6, 6.07) is 8.25. The van der Waals surface area contributed by atoms with Gasteiger partial charge in [0.2, 0.25) is 0 Å². The fourth-order valence-electron chi connectivity index (χ4n) is 1.64. The van der Waals surface area contributed by atoms with Crippen LogP contribution in [0.25, 0.3) is 0 Å². The third-order valence-electron chi connectivity index (χ3n) is 2.72. The van der Waals surface area contributed by atoms with E-state index in [1.54, 1.807) is 0 Å². The molecular weight excluding hydrogens is 222 g/mol. The van der Waals surface area contributed by atoms with E-state index in [1.807, 2.05) is 12.1 Å². The normalized spacial score (nSPS) is 10.0. The smallest absolute Gasteiger partial charge is 0.119 e. The van der Waals surface area contributed by atoms with Crippen molar-refractivity contribution in [3.05, 3.63) is 29.8 Å². The lowest BCUT2D eigenvalue weighted by Crippen LogP contribution is -2.13. The van der Waals surface area contributed by atoms with E-state index in [1.165, 1.54) is 18.4 Å². The van der Waals surface area contributed by atoms with Crippen LogP contribution in [0.3, 0.4) is 0 Å². The SMILES string of the molecule is C#CCCNCc1ccc(OCCCCC)cc1. The largest absolute Gasteiger partial charge is 0.494 e. The molecule has 0 spiro atoms. The van der Waals surface area contributed by atoms with Gasteiger partial charge < -0.3 is 10.1 Å². The number of terminal acetylenes is 1. The fraction of sp³-hybridized carbons (Fsp3) is 0.500. The summed E-state index contributed by atoms with van der Waals surface area (Å²) < 4.78 is 5.66. The van der Waals surface area contributed by atoms with E-state index in [0.29, 0.717) is 0 Å². The van der Waals surface area contributed by atoms with Crippen LogP contribution in [0.1, 0.15) is 38.2 Å². The van der Waals surface area contributed by atoms with Crippen LogP contribution in [0.4, 0.5) is 0 Å². The number of hydrogen-bond acceptors (Lipinski definition) is 2. The van der Waals surface area contributed by atoms with Gasteiger partial charge in [0.1, 0.15) is 5.75 Å². The molecule has 0 unspecified atom stereocenters. The molecule has 1 rings (SSSR count). The van der Waals surface area contributed by atoms with Crippen molar-refractivity contribution in [2.45, 2.75) is 39.2 Å². The Balaban J connectivity index is 2.23. The predicted molar refractivity (Wildman–Crippen MR) is 76.6 cm³/mol. The van der Waals surface area contributed by atoms with Gasteiger partial charge >= 0.3 is 0 Å². The maximum atomic E-state index is 5.66. The molecule has 1 N–H and O–H groups in total. The highest BCUT2D eigenvalue weighted by Gasteiger charge is 1.95. The van der Waals surface area contributed by atoms with Crippen LogP contribution in [0, 0.1) is 12.3 Å². The van der Waals surface area contributed by atoms with Gasteiger partial charge in [0, 0.05) is 19.5 Å². The third-order valence-corrected chi connectivity index (χ3v) is 2.72. The number of rotatable bonds is 9. The Labute approximate surface area is 111 Å². The summed E-state index contributed by atoms with van der Waals surface area (Å²) in [6.07, 6.45) is 9.56. The van der Waals surface area contributed by atoms with E-state index >= 15 is 0 Å². The second kappa shape index (κ2) is 9.56. The number of hydrogen-bond donors (Lipinski definition) is 1. The summed E-state index contributed by atoms with van der Waals surface area (Å²) >= 11 is 0. The molecule has 0 aliphatic rings. The number of benzene rings is 1. The second-order valence-corrected chi connectivity index (χ2v) is 4.33. The van der Waals surface area contributed by atoms with E-state index in [-0.39, 0.29) is 0 Å². The van der Waals surface area contributed by atoms with Crippen molar-refractivity contribution in [3.8, 4) is 18.1 Å². The van der Waals surface area contributed by atoms with Crippen molar-refractivity contribution >= 4 is 0 Å². The number of ether oxygens (including phenoxy) is 1. The molecule has 98 valence electrons. The lowest BCUT2D eigenvalue weighted by atomic mass is 10.2. The molecule has 0 fully saturated rings. The molecule has 18 heavy (non-hydrogen) atoms. The van der Waals surface area contributed by atoms with Crippen LogP contribution in [0.15, 0.2) is 24.3 Å². The van der Waals surface area contributed by atoms with E-state index in [4.69, 9.17) is 11.2 Å². The first-order valence-corrected chi connectivity index (χ1v) is 6.72. The number of nitrogens with one attached hydrogen (secondary N) is 1. The molecule has 0 radical (unpaired) electrons. The van der Waals surface area contributed by atoms with Crippen molar-refractivity contribution in [1.82, 2.24) is 5.32 Å². The van der Waals surface area contributed by atoms with E-state index in [9.17, 15) is 0 Å². The Morgan fingerprint density at radius 1 is 1.22 bits per heavy atom. The summed E-state index contributed by atoms with van der Waals surface area (Å²) in [6.45, 7) is 4.74. The summed E-state index contributed by atoms with van der Waals surface area (Å²) in [5.41, 5.74) is 1.26. The molecule has 0 saturated carbocycles. The molecule has 2 heteroatoms. The average molecular weight is 245 g/mol. The minimum absolute atomic E-state index is 0.776. The van der Waals surface area contributed by atoms with Gasteiger partial charge in [-0.25, -0.2) is 0 Å². The molecule has 0 atom stereocenters. The van der Waals surface area contributed by atoms with Crippen molar-refractivity contribution in [2.75, 3.05) is 13.2 Å². The van der Waals surface area contributed by atoms with Gasteiger partial charge in [-0.15, -0.1) is 12.3 Å². The minimum Gasteiger partial charge on any atom is -0.494 e. The molecular formula is C16H23NO. The van der Waals surface area contributed by atoms with Crippen LogP contribution >= 0.6 is 0 Å². The van der Waals surface area contributed by atoms with Crippen LogP contribution in [-0.2, 0) is 6.54 Å². The van der Waals surface area contributed by atoms with Crippen molar-refractivity contribution < 1.29 is 4.74 Å².